The number of aliphatic hydroxyl groups excluding tert-OH is 1. The molecule has 19 heteroatoms. The molecule has 3 unspecified atom stereocenters. The first-order valence-electron chi connectivity index (χ1n) is 42.2. The molecule has 594 valence electrons. The Labute approximate surface area is 613 Å². The third-order valence-electron chi connectivity index (χ3n) is 19.4. The summed E-state index contributed by atoms with van der Waals surface area (Å²) >= 11 is 0. The maximum Gasteiger partial charge on any atom is 0.472 e. The van der Waals surface area contributed by atoms with Crippen LogP contribution in [0.4, 0.5) is 0 Å². The minimum absolute atomic E-state index is 0.108. The van der Waals surface area contributed by atoms with Crippen molar-refractivity contribution >= 4 is 39.5 Å². The zero-order valence-electron chi connectivity index (χ0n) is 65.3. The van der Waals surface area contributed by atoms with Crippen LogP contribution in [0.15, 0.2) is 0 Å². The van der Waals surface area contributed by atoms with Gasteiger partial charge in [0.1, 0.15) is 19.3 Å². The van der Waals surface area contributed by atoms with Crippen molar-refractivity contribution in [1.82, 2.24) is 0 Å². The van der Waals surface area contributed by atoms with E-state index in [9.17, 15) is 43.2 Å². The molecule has 0 radical (unpaired) electrons. The van der Waals surface area contributed by atoms with Gasteiger partial charge in [0, 0.05) is 25.7 Å². The van der Waals surface area contributed by atoms with Crippen LogP contribution in [0.5, 0.6) is 0 Å². The van der Waals surface area contributed by atoms with Crippen LogP contribution in [-0.2, 0) is 65.4 Å². The van der Waals surface area contributed by atoms with Crippen molar-refractivity contribution in [3.05, 3.63) is 0 Å². The Balaban J connectivity index is 5.18. The molecule has 6 atom stereocenters. The van der Waals surface area contributed by atoms with E-state index in [4.69, 9.17) is 37.0 Å². The van der Waals surface area contributed by atoms with E-state index in [0.717, 1.165) is 109 Å². The van der Waals surface area contributed by atoms with Crippen LogP contribution >= 0.6 is 15.6 Å². The summed E-state index contributed by atoms with van der Waals surface area (Å²) < 4.78 is 68.6. The van der Waals surface area contributed by atoms with Crippen LogP contribution < -0.4 is 0 Å². The normalized spacial score (nSPS) is 14.1. The number of rotatable bonds is 81. The van der Waals surface area contributed by atoms with Gasteiger partial charge in [-0.1, -0.05) is 381 Å². The molecule has 0 aliphatic rings. The van der Waals surface area contributed by atoms with Gasteiger partial charge in [-0.05, 0) is 31.6 Å². The lowest BCUT2D eigenvalue weighted by Gasteiger charge is -2.21. The molecule has 0 amide bonds. The summed E-state index contributed by atoms with van der Waals surface area (Å²) in [5.41, 5.74) is 0. The van der Waals surface area contributed by atoms with Crippen molar-refractivity contribution in [2.45, 2.75) is 451 Å². The van der Waals surface area contributed by atoms with Crippen molar-refractivity contribution in [3.8, 4) is 0 Å². The van der Waals surface area contributed by atoms with Crippen LogP contribution in [0.1, 0.15) is 433 Å². The number of aliphatic hydroxyl groups is 1. The standard InChI is InChI=1S/C81H158O17P2/c1-6-10-13-16-19-21-23-25-27-29-31-32-37-41-45-50-55-60-65-79(84)92-71-77(98-81(86)67-62-57-52-47-43-39-35-34-36-40-44-49-53-58-63-74(5)9-4)73-96-100(89,90)94-69-75(82)68-93-99(87,88)95-72-76(70-91-78(83)64-59-54-48-18-15-12-8-3)97-80(85)66-61-56-51-46-42-38-33-30-28-26-24-22-20-17-14-11-7-2/h74-77,82H,6-73H2,1-5H3,(H,87,88)(H,89,90)/t74?,75-,76+,77+/m0/s1. The predicted octanol–water partition coefficient (Wildman–Crippen LogP) is 24.4. The van der Waals surface area contributed by atoms with Gasteiger partial charge in [0.25, 0.3) is 0 Å². The molecule has 0 aromatic rings. The number of phosphoric acid groups is 2. The fourth-order valence-electron chi connectivity index (χ4n) is 12.6. The average molecular weight is 1470 g/mol. The highest BCUT2D eigenvalue weighted by Crippen LogP contribution is 2.45. The Morgan fingerprint density at radius 1 is 0.280 bits per heavy atom. The second-order valence-electron chi connectivity index (χ2n) is 29.4. The largest absolute Gasteiger partial charge is 0.472 e. The SMILES string of the molecule is CCCCCCCCCCCCCCCCCCCCC(=O)OC[C@H](COP(=O)(O)OC[C@@H](O)COP(=O)(O)OC[C@@H](COC(=O)CCCCCCCCC)OC(=O)CCCCCCCCCCCCCCCCCCC)OC(=O)CCCCCCCCCCCCCCCCC(C)CC. The van der Waals surface area contributed by atoms with Gasteiger partial charge in [0.15, 0.2) is 12.2 Å². The number of hydrogen-bond acceptors (Lipinski definition) is 15. The molecule has 0 spiro atoms. The summed E-state index contributed by atoms with van der Waals surface area (Å²) in [6.07, 6.45) is 65.3. The first-order chi connectivity index (χ1) is 48.6. The Hall–Kier alpha value is -1.94. The summed E-state index contributed by atoms with van der Waals surface area (Å²) in [5.74, 6) is -1.26. The number of unbranched alkanes of at least 4 members (excludes halogenated alkanes) is 52. The van der Waals surface area contributed by atoms with E-state index in [1.807, 2.05) is 0 Å². The molecule has 0 aliphatic heterocycles. The van der Waals surface area contributed by atoms with Gasteiger partial charge in [0.05, 0.1) is 26.4 Å². The van der Waals surface area contributed by atoms with Gasteiger partial charge in [-0.25, -0.2) is 9.13 Å². The lowest BCUT2D eigenvalue weighted by Crippen LogP contribution is -2.30. The Morgan fingerprint density at radius 3 is 0.710 bits per heavy atom. The van der Waals surface area contributed by atoms with E-state index < -0.39 is 97.5 Å². The quantitative estimate of drug-likeness (QED) is 0.0222. The second kappa shape index (κ2) is 73.9. The highest BCUT2D eigenvalue weighted by atomic mass is 31.2. The molecule has 100 heavy (non-hydrogen) atoms. The molecule has 3 N–H and O–H groups in total. The van der Waals surface area contributed by atoms with Gasteiger partial charge in [-0.15, -0.1) is 0 Å². The van der Waals surface area contributed by atoms with Crippen molar-refractivity contribution in [2.75, 3.05) is 39.6 Å². The number of phosphoric ester groups is 2. The van der Waals surface area contributed by atoms with Gasteiger partial charge < -0.3 is 33.8 Å². The van der Waals surface area contributed by atoms with Crippen molar-refractivity contribution in [1.29, 1.82) is 0 Å². The molecule has 0 fully saturated rings. The van der Waals surface area contributed by atoms with E-state index in [0.29, 0.717) is 25.7 Å². The monoisotopic (exact) mass is 1470 g/mol. The molecule has 0 aromatic heterocycles. The topological polar surface area (TPSA) is 237 Å². The number of hydrogen-bond donors (Lipinski definition) is 3. The fourth-order valence-corrected chi connectivity index (χ4v) is 14.1. The summed E-state index contributed by atoms with van der Waals surface area (Å²) in [5, 5.41) is 10.6. The van der Waals surface area contributed by atoms with Crippen LogP contribution in [0, 0.1) is 5.92 Å². The van der Waals surface area contributed by atoms with E-state index in [-0.39, 0.29) is 25.7 Å². The third kappa shape index (κ3) is 73.0. The number of ether oxygens (including phenoxy) is 4. The van der Waals surface area contributed by atoms with Crippen LogP contribution in [0.3, 0.4) is 0 Å². The molecule has 0 aromatic carbocycles. The molecule has 0 rings (SSSR count). The molecule has 0 saturated carbocycles. The van der Waals surface area contributed by atoms with Gasteiger partial charge >= 0.3 is 39.5 Å². The molecule has 0 saturated heterocycles. The minimum Gasteiger partial charge on any atom is -0.462 e. The molecule has 0 aliphatic carbocycles. The maximum atomic E-state index is 13.1. The van der Waals surface area contributed by atoms with Crippen molar-refractivity contribution in [2.24, 2.45) is 5.92 Å². The van der Waals surface area contributed by atoms with E-state index in [1.165, 1.54) is 244 Å². The zero-order chi connectivity index (χ0) is 73.4. The second-order valence-corrected chi connectivity index (χ2v) is 32.3. The summed E-state index contributed by atoms with van der Waals surface area (Å²) in [4.78, 5) is 72.9. The maximum absolute atomic E-state index is 13.1. The third-order valence-corrected chi connectivity index (χ3v) is 21.3. The lowest BCUT2D eigenvalue weighted by atomic mass is 9.99. The average Bonchev–Trinajstić information content (AvgIpc) is 0.921. The van der Waals surface area contributed by atoms with Crippen molar-refractivity contribution < 1.29 is 80.2 Å². The first-order valence-corrected chi connectivity index (χ1v) is 45.2. The van der Waals surface area contributed by atoms with Gasteiger partial charge in [-0.3, -0.25) is 37.3 Å². The Bertz CT molecular complexity index is 1910. The summed E-state index contributed by atoms with van der Waals surface area (Å²) in [6.45, 7) is 7.35. The minimum atomic E-state index is -4.96. The van der Waals surface area contributed by atoms with E-state index in [2.05, 4.69) is 34.6 Å². The van der Waals surface area contributed by atoms with Crippen LogP contribution in [0.25, 0.3) is 0 Å². The smallest absolute Gasteiger partial charge is 0.462 e. The van der Waals surface area contributed by atoms with Crippen LogP contribution in [-0.4, -0.2) is 96.7 Å². The Morgan fingerprint density at radius 2 is 0.480 bits per heavy atom. The van der Waals surface area contributed by atoms with E-state index in [1.54, 1.807) is 0 Å². The van der Waals surface area contributed by atoms with Gasteiger partial charge in [-0.2, -0.15) is 0 Å². The molecular formula is C81H158O17P2. The lowest BCUT2D eigenvalue weighted by molar-refractivity contribution is -0.161. The molecule has 0 bridgehead atoms. The zero-order valence-corrected chi connectivity index (χ0v) is 67.1. The summed E-state index contributed by atoms with van der Waals surface area (Å²) in [6, 6.07) is 0. The fraction of sp³-hybridized carbons (Fsp3) is 0.951. The molecular weight excluding hydrogens is 1310 g/mol. The number of carbonyl (C=O) groups is 4. The highest BCUT2D eigenvalue weighted by Gasteiger charge is 2.30. The van der Waals surface area contributed by atoms with Crippen molar-refractivity contribution in [3.63, 3.8) is 0 Å². The van der Waals surface area contributed by atoms with E-state index >= 15 is 0 Å². The Kier molecular flexibility index (Phi) is 72.5. The first kappa shape index (κ1) is 98.1. The summed E-state index contributed by atoms with van der Waals surface area (Å²) in [7, 11) is -9.91. The molecule has 0 heterocycles. The highest BCUT2D eigenvalue weighted by molar-refractivity contribution is 7.47. The molecule has 17 nitrogen and oxygen atoms in total. The number of carbonyl (C=O) groups excluding carboxylic acids is 4. The van der Waals surface area contributed by atoms with Gasteiger partial charge in [0.2, 0.25) is 0 Å². The predicted molar refractivity (Wildman–Crippen MR) is 409 cm³/mol. The van der Waals surface area contributed by atoms with Crippen LogP contribution in [0.2, 0.25) is 0 Å². The number of esters is 4.